The topological polar surface area (TPSA) is 84.2 Å². The molecule has 3 aromatic rings. The van der Waals surface area contributed by atoms with E-state index in [-0.39, 0.29) is 5.69 Å². The second kappa shape index (κ2) is 7.23. The molecule has 0 aliphatic rings. The average molecular weight is 365 g/mol. The number of hydrogen-bond donors (Lipinski definition) is 2. The number of amides is 1. The summed E-state index contributed by atoms with van der Waals surface area (Å²) in [5, 5.41) is 17.3. The number of aliphatic carboxylic acids is 1. The summed E-state index contributed by atoms with van der Waals surface area (Å²) in [6, 6.07) is 16.3. The molecule has 1 unspecified atom stereocenters. The third-order valence-electron chi connectivity index (χ3n) is 4.44. The first-order valence-corrected chi connectivity index (χ1v) is 8.80. The van der Waals surface area contributed by atoms with Crippen molar-refractivity contribution >= 4 is 22.8 Å². The third-order valence-corrected chi connectivity index (χ3v) is 4.44. The number of aromatic nitrogens is 2. The summed E-state index contributed by atoms with van der Waals surface area (Å²) in [5.74, 6) is -1.55. The molecule has 0 bridgehead atoms. The zero-order valence-electron chi connectivity index (χ0n) is 15.6. The van der Waals surface area contributed by atoms with Gasteiger partial charge in [0, 0.05) is 5.39 Å². The number of nitrogens with one attached hydrogen (secondary N) is 1. The number of nitrogens with zero attached hydrogens (tertiary/aromatic N) is 2. The molecule has 0 radical (unpaired) electrons. The van der Waals surface area contributed by atoms with Gasteiger partial charge in [0.15, 0.2) is 5.69 Å². The highest BCUT2D eigenvalue weighted by Gasteiger charge is 2.33. The second-order valence-electron chi connectivity index (χ2n) is 7.62. The van der Waals surface area contributed by atoms with E-state index in [0.29, 0.717) is 11.9 Å². The van der Waals surface area contributed by atoms with Crippen LogP contribution in [0.25, 0.3) is 10.9 Å². The minimum absolute atomic E-state index is 0.233. The lowest BCUT2D eigenvalue weighted by atomic mass is 9.86. The summed E-state index contributed by atoms with van der Waals surface area (Å²) in [4.78, 5) is 24.4. The Morgan fingerprint density at radius 1 is 1.07 bits per heavy atom. The van der Waals surface area contributed by atoms with E-state index in [9.17, 15) is 14.7 Å². The summed E-state index contributed by atoms with van der Waals surface area (Å²) in [7, 11) is 0. The SMILES string of the molecule is CC(C)(C)C(NC(=O)c1nn(Cc2ccccc2)c2ccccc12)C(=O)O. The maximum Gasteiger partial charge on any atom is 0.326 e. The number of carbonyl (C=O) groups is 2. The van der Waals surface area contributed by atoms with E-state index in [1.165, 1.54) is 0 Å². The fourth-order valence-electron chi connectivity index (χ4n) is 3.02. The number of hydrogen-bond acceptors (Lipinski definition) is 3. The van der Waals surface area contributed by atoms with Gasteiger partial charge in [-0.15, -0.1) is 0 Å². The van der Waals surface area contributed by atoms with Crippen molar-refractivity contribution in [2.45, 2.75) is 33.4 Å². The van der Waals surface area contributed by atoms with Gasteiger partial charge >= 0.3 is 5.97 Å². The van der Waals surface area contributed by atoms with Crippen molar-refractivity contribution in [2.75, 3.05) is 0 Å². The molecule has 0 saturated heterocycles. The molecule has 140 valence electrons. The van der Waals surface area contributed by atoms with Crippen LogP contribution in [-0.2, 0) is 11.3 Å². The van der Waals surface area contributed by atoms with E-state index >= 15 is 0 Å². The number of carboxylic acids is 1. The summed E-state index contributed by atoms with van der Waals surface area (Å²) in [5.41, 5.74) is 1.51. The molecule has 0 spiro atoms. The summed E-state index contributed by atoms with van der Waals surface area (Å²) in [6.07, 6.45) is 0. The normalized spacial score (nSPS) is 12.7. The van der Waals surface area contributed by atoms with Gasteiger partial charge in [-0.05, 0) is 17.0 Å². The molecule has 3 rings (SSSR count). The lowest BCUT2D eigenvalue weighted by molar-refractivity contribution is -0.142. The Morgan fingerprint density at radius 2 is 1.70 bits per heavy atom. The highest BCUT2D eigenvalue weighted by Crippen LogP contribution is 2.23. The van der Waals surface area contributed by atoms with Gasteiger partial charge in [-0.25, -0.2) is 4.79 Å². The highest BCUT2D eigenvalue weighted by molar-refractivity contribution is 6.06. The molecule has 6 nitrogen and oxygen atoms in total. The van der Waals surface area contributed by atoms with E-state index in [1.54, 1.807) is 25.5 Å². The second-order valence-corrected chi connectivity index (χ2v) is 7.62. The number of benzene rings is 2. The van der Waals surface area contributed by atoms with Gasteiger partial charge in [0.05, 0.1) is 12.1 Å². The van der Waals surface area contributed by atoms with Crippen molar-refractivity contribution in [1.29, 1.82) is 0 Å². The average Bonchev–Trinajstić information content (AvgIpc) is 2.98. The Labute approximate surface area is 157 Å². The van der Waals surface area contributed by atoms with Crippen molar-refractivity contribution in [3.8, 4) is 0 Å². The summed E-state index contributed by atoms with van der Waals surface area (Å²) >= 11 is 0. The predicted octanol–water partition coefficient (Wildman–Crippen LogP) is 3.31. The third kappa shape index (κ3) is 4.00. The van der Waals surface area contributed by atoms with Crippen LogP contribution in [0.1, 0.15) is 36.8 Å². The first-order valence-electron chi connectivity index (χ1n) is 8.80. The molecular formula is C21H23N3O3. The molecule has 1 heterocycles. The van der Waals surface area contributed by atoms with Crippen LogP contribution in [0.4, 0.5) is 0 Å². The molecule has 1 atom stereocenters. The van der Waals surface area contributed by atoms with Crippen molar-refractivity contribution in [3.63, 3.8) is 0 Å². The van der Waals surface area contributed by atoms with Crippen molar-refractivity contribution in [2.24, 2.45) is 5.41 Å². The van der Waals surface area contributed by atoms with E-state index in [2.05, 4.69) is 10.4 Å². The molecule has 2 N–H and O–H groups in total. The number of carbonyl (C=O) groups excluding carboxylic acids is 1. The van der Waals surface area contributed by atoms with Crippen LogP contribution in [0.3, 0.4) is 0 Å². The van der Waals surface area contributed by atoms with Crippen molar-refractivity contribution in [3.05, 3.63) is 65.9 Å². The van der Waals surface area contributed by atoms with E-state index in [4.69, 9.17) is 0 Å². The minimum Gasteiger partial charge on any atom is -0.480 e. The van der Waals surface area contributed by atoms with Crippen LogP contribution in [0.15, 0.2) is 54.6 Å². The highest BCUT2D eigenvalue weighted by atomic mass is 16.4. The van der Waals surface area contributed by atoms with Gasteiger partial charge < -0.3 is 10.4 Å². The summed E-state index contributed by atoms with van der Waals surface area (Å²) in [6.45, 7) is 5.85. The van der Waals surface area contributed by atoms with E-state index in [1.807, 2.05) is 54.6 Å². The van der Waals surface area contributed by atoms with Crippen LogP contribution in [0.2, 0.25) is 0 Å². The van der Waals surface area contributed by atoms with Gasteiger partial charge in [-0.3, -0.25) is 9.48 Å². The molecule has 27 heavy (non-hydrogen) atoms. The monoisotopic (exact) mass is 365 g/mol. The molecule has 0 saturated carbocycles. The number of carboxylic acid groups (broad SMARTS) is 1. The van der Waals surface area contributed by atoms with Gasteiger partial charge in [0.2, 0.25) is 0 Å². The van der Waals surface area contributed by atoms with Crippen LogP contribution in [0.5, 0.6) is 0 Å². The maximum absolute atomic E-state index is 12.8. The van der Waals surface area contributed by atoms with Gasteiger partial charge in [-0.1, -0.05) is 69.3 Å². The lowest BCUT2D eigenvalue weighted by Crippen LogP contribution is -2.49. The number of para-hydroxylation sites is 1. The smallest absolute Gasteiger partial charge is 0.326 e. The quantitative estimate of drug-likeness (QED) is 0.726. The molecule has 0 aliphatic carbocycles. The van der Waals surface area contributed by atoms with Gasteiger partial charge in [0.1, 0.15) is 6.04 Å². The fourth-order valence-corrected chi connectivity index (χ4v) is 3.02. The fraction of sp³-hybridized carbons (Fsp3) is 0.286. The Hall–Kier alpha value is -3.15. The predicted molar refractivity (Wildman–Crippen MR) is 104 cm³/mol. The molecule has 6 heteroatoms. The van der Waals surface area contributed by atoms with Crippen LogP contribution in [-0.4, -0.2) is 32.8 Å². The van der Waals surface area contributed by atoms with Crippen LogP contribution in [0, 0.1) is 5.41 Å². The molecule has 2 aromatic carbocycles. The van der Waals surface area contributed by atoms with E-state index < -0.39 is 23.3 Å². The molecule has 1 amide bonds. The Bertz CT molecular complexity index is 971. The standard InChI is InChI=1S/C21H23N3O3/c1-21(2,3)18(20(26)27)22-19(25)17-15-11-7-8-12-16(15)24(23-17)13-14-9-5-4-6-10-14/h4-12,18H,13H2,1-3H3,(H,22,25)(H,26,27). The summed E-state index contributed by atoms with van der Waals surface area (Å²) < 4.78 is 1.77. The Kier molecular flexibility index (Phi) is 4.99. The molecule has 1 aromatic heterocycles. The molecule has 0 fully saturated rings. The molecular weight excluding hydrogens is 342 g/mol. The van der Waals surface area contributed by atoms with Crippen molar-refractivity contribution < 1.29 is 14.7 Å². The Balaban J connectivity index is 1.97. The Morgan fingerprint density at radius 3 is 2.33 bits per heavy atom. The maximum atomic E-state index is 12.8. The van der Waals surface area contributed by atoms with Gasteiger partial charge in [0.25, 0.3) is 5.91 Å². The van der Waals surface area contributed by atoms with Gasteiger partial charge in [-0.2, -0.15) is 5.10 Å². The zero-order valence-corrected chi connectivity index (χ0v) is 15.6. The van der Waals surface area contributed by atoms with Crippen LogP contribution >= 0.6 is 0 Å². The molecule has 0 aliphatic heterocycles. The number of rotatable bonds is 5. The minimum atomic E-state index is -1.07. The largest absolute Gasteiger partial charge is 0.480 e. The van der Waals surface area contributed by atoms with Crippen LogP contribution < -0.4 is 5.32 Å². The zero-order chi connectivity index (χ0) is 19.6. The first-order chi connectivity index (χ1) is 12.8. The van der Waals surface area contributed by atoms with Crippen molar-refractivity contribution in [1.82, 2.24) is 15.1 Å². The van der Waals surface area contributed by atoms with E-state index in [0.717, 1.165) is 11.1 Å². The lowest BCUT2D eigenvalue weighted by Gasteiger charge is -2.27. The first kappa shape index (κ1) is 18.6. The number of fused-ring (bicyclic) bond motifs is 1.